The van der Waals surface area contributed by atoms with Crippen molar-refractivity contribution in [3.63, 3.8) is 0 Å². The molecule has 1 fully saturated rings. The average molecular weight is 247 g/mol. The van der Waals surface area contributed by atoms with E-state index in [0.29, 0.717) is 6.54 Å². The second-order valence-electron chi connectivity index (χ2n) is 5.63. The van der Waals surface area contributed by atoms with Gasteiger partial charge in [0.2, 0.25) is 0 Å². The van der Waals surface area contributed by atoms with E-state index in [1.165, 1.54) is 5.56 Å². The van der Waals surface area contributed by atoms with Gasteiger partial charge in [0.15, 0.2) is 0 Å². The second-order valence-corrected chi connectivity index (χ2v) is 5.63. The molecule has 0 bridgehead atoms. The minimum Gasteiger partial charge on any atom is -0.388 e. The van der Waals surface area contributed by atoms with Crippen molar-refractivity contribution in [1.82, 2.24) is 4.90 Å². The zero-order valence-corrected chi connectivity index (χ0v) is 11.4. The third-order valence-electron chi connectivity index (χ3n) is 3.72. The molecule has 0 saturated carbocycles. The number of benzene rings is 1. The van der Waals surface area contributed by atoms with Crippen molar-refractivity contribution < 1.29 is 9.90 Å². The summed E-state index contributed by atoms with van der Waals surface area (Å²) < 4.78 is 0. The summed E-state index contributed by atoms with van der Waals surface area (Å²) >= 11 is 0. The van der Waals surface area contributed by atoms with Crippen molar-refractivity contribution in [1.29, 1.82) is 0 Å². The molecule has 98 valence electrons. The van der Waals surface area contributed by atoms with E-state index in [1.807, 2.05) is 32.0 Å². The molecule has 1 aromatic carbocycles. The maximum atomic E-state index is 12.4. The van der Waals surface area contributed by atoms with Crippen LogP contribution in [0.4, 0.5) is 0 Å². The highest BCUT2D eigenvalue weighted by Gasteiger charge is 2.31. The minimum atomic E-state index is -0.742. The zero-order chi connectivity index (χ0) is 13.3. The normalized spacial score (nSPS) is 24.1. The Morgan fingerprint density at radius 3 is 2.67 bits per heavy atom. The summed E-state index contributed by atoms with van der Waals surface area (Å²) in [5.74, 6) is 0.0260. The molecule has 1 saturated heterocycles. The van der Waals surface area contributed by atoms with Crippen LogP contribution in [0.5, 0.6) is 0 Å². The average Bonchev–Trinajstić information content (AvgIpc) is 2.30. The first kappa shape index (κ1) is 13.1. The summed E-state index contributed by atoms with van der Waals surface area (Å²) in [6, 6.07) is 5.78. The number of piperidine rings is 1. The van der Waals surface area contributed by atoms with E-state index >= 15 is 0 Å². The van der Waals surface area contributed by atoms with Gasteiger partial charge < -0.3 is 10.0 Å². The van der Waals surface area contributed by atoms with Crippen molar-refractivity contribution in [2.75, 3.05) is 13.1 Å². The van der Waals surface area contributed by atoms with Gasteiger partial charge in [0, 0.05) is 18.7 Å². The van der Waals surface area contributed by atoms with Crippen LogP contribution < -0.4 is 0 Å². The maximum Gasteiger partial charge on any atom is 0.253 e. The standard InChI is InChI=1S/C15H21NO2/c1-11-5-6-13(9-12(11)2)14(17)16-8-4-7-15(3,18)10-16/h5-6,9,18H,4,7-8,10H2,1-3H3. The number of hydrogen-bond donors (Lipinski definition) is 1. The number of aryl methyl sites for hydroxylation is 2. The van der Waals surface area contributed by atoms with Crippen molar-refractivity contribution >= 4 is 5.91 Å². The van der Waals surface area contributed by atoms with Gasteiger partial charge in [-0.3, -0.25) is 4.79 Å². The number of carbonyl (C=O) groups excluding carboxylic acids is 1. The molecule has 1 atom stereocenters. The van der Waals surface area contributed by atoms with Crippen LogP contribution in [0.3, 0.4) is 0 Å². The Morgan fingerprint density at radius 2 is 2.06 bits per heavy atom. The van der Waals surface area contributed by atoms with Crippen LogP contribution in [0.2, 0.25) is 0 Å². The third-order valence-corrected chi connectivity index (χ3v) is 3.72. The number of aliphatic hydroxyl groups is 1. The van der Waals surface area contributed by atoms with Crippen molar-refractivity contribution in [3.8, 4) is 0 Å². The molecule has 0 aliphatic carbocycles. The van der Waals surface area contributed by atoms with E-state index in [9.17, 15) is 9.90 Å². The van der Waals surface area contributed by atoms with Crippen LogP contribution in [-0.4, -0.2) is 34.6 Å². The molecule has 1 aliphatic rings. The van der Waals surface area contributed by atoms with Gasteiger partial charge in [-0.1, -0.05) is 6.07 Å². The monoisotopic (exact) mass is 247 g/mol. The van der Waals surface area contributed by atoms with E-state index in [2.05, 4.69) is 0 Å². The van der Waals surface area contributed by atoms with E-state index in [1.54, 1.807) is 11.8 Å². The van der Waals surface area contributed by atoms with Crippen molar-refractivity contribution in [2.45, 2.75) is 39.2 Å². The van der Waals surface area contributed by atoms with Crippen molar-refractivity contribution in [2.24, 2.45) is 0 Å². The smallest absolute Gasteiger partial charge is 0.253 e. The summed E-state index contributed by atoms with van der Waals surface area (Å²) in [5.41, 5.74) is 2.30. The van der Waals surface area contributed by atoms with E-state index < -0.39 is 5.60 Å². The summed E-state index contributed by atoms with van der Waals surface area (Å²) in [4.78, 5) is 14.1. The molecule has 0 radical (unpaired) electrons. The highest BCUT2D eigenvalue weighted by atomic mass is 16.3. The number of hydrogen-bond acceptors (Lipinski definition) is 2. The van der Waals surface area contributed by atoms with Gasteiger partial charge in [-0.05, 0) is 56.9 Å². The summed E-state index contributed by atoms with van der Waals surface area (Å²) in [6.07, 6.45) is 1.63. The van der Waals surface area contributed by atoms with E-state index in [-0.39, 0.29) is 5.91 Å². The maximum absolute atomic E-state index is 12.4. The van der Waals surface area contributed by atoms with Gasteiger partial charge in [-0.15, -0.1) is 0 Å². The molecule has 0 aromatic heterocycles. The van der Waals surface area contributed by atoms with Crippen LogP contribution in [0, 0.1) is 13.8 Å². The Balaban J connectivity index is 2.18. The first-order valence-electron chi connectivity index (χ1n) is 6.48. The zero-order valence-electron chi connectivity index (χ0n) is 11.4. The molecule has 0 spiro atoms. The number of likely N-dealkylation sites (tertiary alicyclic amines) is 1. The summed E-state index contributed by atoms with van der Waals surface area (Å²) in [5, 5.41) is 10.0. The lowest BCUT2D eigenvalue weighted by atomic mass is 9.94. The van der Waals surface area contributed by atoms with E-state index in [0.717, 1.165) is 30.5 Å². The number of carbonyl (C=O) groups is 1. The molecule has 1 unspecified atom stereocenters. The topological polar surface area (TPSA) is 40.5 Å². The molecule has 18 heavy (non-hydrogen) atoms. The van der Waals surface area contributed by atoms with Crippen LogP contribution in [0.15, 0.2) is 18.2 Å². The Bertz CT molecular complexity index is 466. The predicted octanol–water partition coefficient (Wildman–Crippen LogP) is 2.29. The van der Waals surface area contributed by atoms with Gasteiger partial charge in [0.1, 0.15) is 0 Å². The summed E-state index contributed by atoms with van der Waals surface area (Å²) in [7, 11) is 0. The van der Waals surface area contributed by atoms with Crippen LogP contribution in [-0.2, 0) is 0 Å². The minimum absolute atomic E-state index is 0.0260. The molecular weight excluding hydrogens is 226 g/mol. The SMILES string of the molecule is Cc1ccc(C(=O)N2CCCC(C)(O)C2)cc1C. The molecule has 1 amide bonds. The first-order chi connectivity index (χ1) is 8.39. The Morgan fingerprint density at radius 1 is 1.33 bits per heavy atom. The Kier molecular flexibility index (Phi) is 3.44. The fraction of sp³-hybridized carbons (Fsp3) is 0.533. The van der Waals surface area contributed by atoms with Gasteiger partial charge >= 0.3 is 0 Å². The van der Waals surface area contributed by atoms with Gasteiger partial charge in [-0.25, -0.2) is 0 Å². The number of nitrogens with zero attached hydrogens (tertiary/aromatic N) is 1. The Hall–Kier alpha value is -1.35. The Labute approximate surface area is 108 Å². The van der Waals surface area contributed by atoms with Crippen LogP contribution >= 0.6 is 0 Å². The van der Waals surface area contributed by atoms with Crippen molar-refractivity contribution in [3.05, 3.63) is 34.9 Å². The summed E-state index contributed by atoms with van der Waals surface area (Å²) in [6.45, 7) is 7.02. The third kappa shape index (κ3) is 2.72. The first-order valence-corrected chi connectivity index (χ1v) is 6.48. The number of β-amino-alcohol motifs (C(OH)–C–C–N with tert-alkyl or cyclic N) is 1. The lowest BCUT2D eigenvalue weighted by molar-refractivity contribution is -0.0107. The second kappa shape index (κ2) is 4.73. The highest BCUT2D eigenvalue weighted by molar-refractivity contribution is 5.94. The quantitative estimate of drug-likeness (QED) is 0.827. The molecule has 1 heterocycles. The fourth-order valence-electron chi connectivity index (χ4n) is 2.45. The molecule has 3 heteroatoms. The largest absolute Gasteiger partial charge is 0.388 e. The number of rotatable bonds is 1. The number of amides is 1. The lowest BCUT2D eigenvalue weighted by Crippen LogP contribution is -2.48. The molecule has 2 rings (SSSR count). The molecule has 3 nitrogen and oxygen atoms in total. The van der Waals surface area contributed by atoms with Gasteiger partial charge in [-0.2, -0.15) is 0 Å². The molecule has 1 aliphatic heterocycles. The molecular formula is C15H21NO2. The van der Waals surface area contributed by atoms with Crippen LogP contribution in [0.1, 0.15) is 41.3 Å². The lowest BCUT2D eigenvalue weighted by Gasteiger charge is -2.36. The predicted molar refractivity (Wildman–Crippen MR) is 71.7 cm³/mol. The highest BCUT2D eigenvalue weighted by Crippen LogP contribution is 2.22. The van der Waals surface area contributed by atoms with Gasteiger partial charge in [0.25, 0.3) is 5.91 Å². The van der Waals surface area contributed by atoms with Crippen LogP contribution in [0.25, 0.3) is 0 Å². The molecule has 1 aromatic rings. The fourth-order valence-corrected chi connectivity index (χ4v) is 2.45. The molecule has 1 N–H and O–H groups in total. The van der Waals surface area contributed by atoms with Gasteiger partial charge in [0.05, 0.1) is 5.60 Å². The van der Waals surface area contributed by atoms with E-state index in [4.69, 9.17) is 0 Å².